The Hall–Kier alpha value is -2.22. The largest absolute Gasteiger partial charge is 0.367 e. The first-order valence-electron chi connectivity index (χ1n) is 6.70. The molecule has 2 aromatic rings. The van der Waals surface area contributed by atoms with Crippen LogP contribution in [-0.2, 0) is 6.42 Å². The molecule has 21 heavy (non-hydrogen) atoms. The standard InChI is InChI=1S/C13H15N5O2S/c1-14-12-11(18(19)20)13(16-7-15-12)17-9-3-2-4-10-8(9)5-6-21-10/h5-7,9H,2-4H2,1H3,(H2,14,15,16,17). The van der Waals surface area contributed by atoms with Crippen LogP contribution in [0, 0.1) is 10.1 Å². The lowest BCUT2D eigenvalue weighted by Gasteiger charge is -2.24. The third kappa shape index (κ3) is 2.54. The molecule has 0 aromatic carbocycles. The van der Waals surface area contributed by atoms with E-state index in [9.17, 15) is 10.1 Å². The average Bonchev–Trinajstić information content (AvgIpc) is 2.96. The van der Waals surface area contributed by atoms with Crippen molar-refractivity contribution in [3.63, 3.8) is 0 Å². The van der Waals surface area contributed by atoms with Crippen molar-refractivity contribution in [3.8, 4) is 0 Å². The molecule has 0 spiro atoms. The van der Waals surface area contributed by atoms with Crippen LogP contribution < -0.4 is 10.6 Å². The summed E-state index contributed by atoms with van der Waals surface area (Å²) in [6.45, 7) is 0. The van der Waals surface area contributed by atoms with Crippen molar-refractivity contribution in [3.05, 3.63) is 38.3 Å². The van der Waals surface area contributed by atoms with Gasteiger partial charge in [-0.2, -0.15) is 0 Å². The van der Waals surface area contributed by atoms with E-state index in [1.807, 2.05) is 0 Å². The van der Waals surface area contributed by atoms with Gasteiger partial charge in [-0.3, -0.25) is 10.1 Å². The van der Waals surface area contributed by atoms with Gasteiger partial charge < -0.3 is 10.6 Å². The van der Waals surface area contributed by atoms with Crippen molar-refractivity contribution in [1.82, 2.24) is 9.97 Å². The fourth-order valence-corrected chi connectivity index (χ4v) is 3.63. The number of nitrogens with zero attached hydrogens (tertiary/aromatic N) is 3. The zero-order valence-electron chi connectivity index (χ0n) is 11.5. The van der Waals surface area contributed by atoms with E-state index in [2.05, 4.69) is 32.0 Å². The van der Waals surface area contributed by atoms with Crippen molar-refractivity contribution < 1.29 is 4.92 Å². The van der Waals surface area contributed by atoms with Crippen molar-refractivity contribution in [2.24, 2.45) is 0 Å². The number of rotatable bonds is 4. The Labute approximate surface area is 125 Å². The summed E-state index contributed by atoms with van der Waals surface area (Å²) < 4.78 is 0. The van der Waals surface area contributed by atoms with E-state index >= 15 is 0 Å². The smallest absolute Gasteiger partial charge is 0.353 e. The van der Waals surface area contributed by atoms with Gasteiger partial charge in [0.25, 0.3) is 0 Å². The summed E-state index contributed by atoms with van der Waals surface area (Å²) in [7, 11) is 1.61. The minimum Gasteiger partial charge on any atom is -0.367 e. The number of aryl methyl sites for hydroxylation is 1. The first-order valence-corrected chi connectivity index (χ1v) is 7.58. The summed E-state index contributed by atoms with van der Waals surface area (Å²) in [4.78, 5) is 20.1. The van der Waals surface area contributed by atoms with Gasteiger partial charge in [-0.15, -0.1) is 11.3 Å². The van der Waals surface area contributed by atoms with Gasteiger partial charge in [-0.05, 0) is 36.3 Å². The molecule has 0 saturated heterocycles. The molecular formula is C13H15N5O2S. The second-order valence-corrected chi connectivity index (χ2v) is 5.82. The predicted octanol–water partition coefficient (Wildman–Crippen LogP) is 2.98. The van der Waals surface area contributed by atoms with Gasteiger partial charge in [-0.1, -0.05) is 0 Å². The highest BCUT2D eigenvalue weighted by Crippen LogP contribution is 2.37. The van der Waals surface area contributed by atoms with Gasteiger partial charge in [0.15, 0.2) is 0 Å². The molecule has 0 aliphatic heterocycles. The molecule has 1 aliphatic rings. The number of aromatic nitrogens is 2. The molecule has 1 atom stereocenters. The van der Waals surface area contributed by atoms with E-state index in [1.165, 1.54) is 16.8 Å². The quantitative estimate of drug-likeness (QED) is 0.666. The zero-order chi connectivity index (χ0) is 14.8. The Bertz CT molecular complexity index is 672. The third-order valence-electron chi connectivity index (χ3n) is 3.60. The fourth-order valence-electron chi connectivity index (χ4n) is 2.64. The van der Waals surface area contributed by atoms with Gasteiger partial charge in [0.2, 0.25) is 11.6 Å². The summed E-state index contributed by atoms with van der Waals surface area (Å²) in [6.07, 6.45) is 4.43. The van der Waals surface area contributed by atoms with Crippen LogP contribution in [0.2, 0.25) is 0 Å². The second-order valence-electron chi connectivity index (χ2n) is 4.81. The van der Waals surface area contributed by atoms with Crippen LogP contribution in [0.5, 0.6) is 0 Å². The van der Waals surface area contributed by atoms with E-state index in [1.54, 1.807) is 18.4 Å². The highest BCUT2D eigenvalue weighted by atomic mass is 32.1. The second kappa shape index (κ2) is 5.65. The molecule has 0 amide bonds. The van der Waals surface area contributed by atoms with E-state index in [0.717, 1.165) is 19.3 Å². The van der Waals surface area contributed by atoms with Crippen molar-refractivity contribution >= 4 is 28.7 Å². The van der Waals surface area contributed by atoms with Gasteiger partial charge in [0, 0.05) is 11.9 Å². The molecule has 1 aliphatic carbocycles. The Morgan fingerprint density at radius 2 is 2.24 bits per heavy atom. The summed E-state index contributed by atoms with van der Waals surface area (Å²) in [6, 6.07) is 2.15. The highest BCUT2D eigenvalue weighted by molar-refractivity contribution is 7.10. The molecular weight excluding hydrogens is 290 g/mol. The number of nitrogens with one attached hydrogen (secondary N) is 2. The van der Waals surface area contributed by atoms with Crippen LogP contribution in [0.1, 0.15) is 29.3 Å². The number of thiophene rings is 1. The first kappa shape index (κ1) is 13.7. The maximum Gasteiger partial charge on any atom is 0.353 e. The number of anilines is 2. The topological polar surface area (TPSA) is 93.0 Å². The van der Waals surface area contributed by atoms with E-state index in [-0.39, 0.29) is 23.4 Å². The Morgan fingerprint density at radius 1 is 1.43 bits per heavy atom. The van der Waals surface area contributed by atoms with Crippen LogP contribution in [-0.4, -0.2) is 21.9 Å². The summed E-state index contributed by atoms with van der Waals surface area (Å²) in [5, 5.41) is 19.3. The SMILES string of the molecule is CNc1ncnc(NC2CCCc3sccc32)c1[N+](=O)[O-]. The monoisotopic (exact) mass is 305 g/mol. The molecule has 8 heteroatoms. The lowest BCUT2D eigenvalue weighted by atomic mass is 9.94. The van der Waals surface area contributed by atoms with Crippen LogP contribution in [0.25, 0.3) is 0 Å². The number of hydrogen-bond donors (Lipinski definition) is 2. The van der Waals surface area contributed by atoms with Crippen LogP contribution >= 0.6 is 11.3 Å². The molecule has 2 N–H and O–H groups in total. The Morgan fingerprint density at radius 3 is 3.00 bits per heavy atom. The van der Waals surface area contributed by atoms with E-state index < -0.39 is 4.92 Å². The van der Waals surface area contributed by atoms with Crippen molar-refractivity contribution in [2.75, 3.05) is 17.7 Å². The maximum absolute atomic E-state index is 11.3. The average molecular weight is 305 g/mol. The third-order valence-corrected chi connectivity index (χ3v) is 4.60. The van der Waals surface area contributed by atoms with Gasteiger partial charge >= 0.3 is 5.69 Å². The highest BCUT2D eigenvalue weighted by Gasteiger charge is 2.27. The molecule has 0 bridgehead atoms. The Balaban J connectivity index is 1.95. The van der Waals surface area contributed by atoms with Crippen molar-refractivity contribution in [1.29, 1.82) is 0 Å². The summed E-state index contributed by atoms with van der Waals surface area (Å²) in [5.41, 5.74) is 1.12. The lowest BCUT2D eigenvalue weighted by Crippen LogP contribution is -2.17. The first-order chi connectivity index (χ1) is 10.2. The number of nitro groups is 1. The maximum atomic E-state index is 11.3. The molecule has 2 aromatic heterocycles. The van der Waals surface area contributed by atoms with Gasteiger partial charge in [0.05, 0.1) is 11.0 Å². The van der Waals surface area contributed by atoms with E-state index in [4.69, 9.17) is 0 Å². The van der Waals surface area contributed by atoms with Crippen LogP contribution in [0.4, 0.5) is 17.3 Å². The van der Waals surface area contributed by atoms with Crippen LogP contribution in [0.15, 0.2) is 17.8 Å². The number of fused-ring (bicyclic) bond motifs is 1. The minimum atomic E-state index is -0.453. The zero-order valence-corrected chi connectivity index (χ0v) is 12.3. The lowest BCUT2D eigenvalue weighted by molar-refractivity contribution is -0.383. The molecule has 2 heterocycles. The summed E-state index contributed by atoms with van der Waals surface area (Å²) in [5.74, 6) is 0.488. The normalized spacial score (nSPS) is 17.1. The van der Waals surface area contributed by atoms with Gasteiger partial charge in [0.1, 0.15) is 6.33 Å². The van der Waals surface area contributed by atoms with Gasteiger partial charge in [-0.25, -0.2) is 9.97 Å². The predicted molar refractivity (Wildman–Crippen MR) is 81.9 cm³/mol. The molecule has 110 valence electrons. The van der Waals surface area contributed by atoms with Crippen molar-refractivity contribution in [2.45, 2.75) is 25.3 Å². The Kier molecular flexibility index (Phi) is 3.70. The molecule has 0 fully saturated rings. The number of hydrogen-bond acceptors (Lipinski definition) is 7. The summed E-state index contributed by atoms with van der Waals surface area (Å²) >= 11 is 1.74. The molecule has 0 radical (unpaired) electrons. The fraction of sp³-hybridized carbons (Fsp3) is 0.385. The molecule has 0 saturated carbocycles. The van der Waals surface area contributed by atoms with E-state index in [0.29, 0.717) is 0 Å². The van der Waals surface area contributed by atoms with Crippen LogP contribution in [0.3, 0.4) is 0 Å². The molecule has 3 rings (SSSR count). The molecule has 7 nitrogen and oxygen atoms in total. The minimum absolute atomic E-state index is 0.0679. The molecule has 1 unspecified atom stereocenters.